The van der Waals surface area contributed by atoms with E-state index in [2.05, 4.69) is 5.32 Å². The molecule has 7 rings (SSSR count). The summed E-state index contributed by atoms with van der Waals surface area (Å²) < 4.78 is 18.5. The van der Waals surface area contributed by atoms with Gasteiger partial charge in [-0.25, -0.2) is 9.78 Å². The van der Waals surface area contributed by atoms with Crippen LogP contribution in [0, 0.1) is 0 Å². The molecule has 0 aliphatic carbocycles. The summed E-state index contributed by atoms with van der Waals surface area (Å²) in [5.74, 6) is 0.145. The number of nitrogens with one attached hydrogen (secondary N) is 1. The molecule has 0 unspecified atom stereocenters. The summed E-state index contributed by atoms with van der Waals surface area (Å²) in [6, 6.07) is 33.5. The zero-order valence-electron chi connectivity index (χ0n) is 23.1. The quantitative estimate of drug-likeness (QED) is 0.136. The van der Waals surface area contributed by atoms with Crippen molar-refractivity contribution in [1.29, 1.82) is 0 Å². The second kappa shape index (κ2) is 12.1. The summed E-state index contributed by atoms with van der Waals surface area (Å²) in [6.45, 7) is 0. The van der Waals surface area contributed by atoms with Crippen LogP contribution in [0.4, 0.5) is 5.69 Å². The molecule has 7 nitrogen and oxygen atoms in total. The lowest BCUT2D eigenvalue weighted by Crippen LogP contribution is -2.12. The third-order valence-electron chi connectivity index (χ3n) is 6.86. The van der Waals surface area contributed by atoms with Gasteiger partial charge in [0, 0.05) is 32.9 Å². The minimum absolute atomic E-state index is 0.00922. The number of carbonyl (C=O) groups is 2. The molecule has 0 aliphatic heterocycles. The molecular formula is C35H20Cl2N2O5S. The van der Waals surface area contributed by atoms with Crippen LogP contribution in [0.3, 0.4) is 0 Å². The first kappa shape index (κ1) is 28.6. The molecule has 0 radical (unpaired) electrons. The highest BCUT2D eigenvalue weighted by Gasteiger charge is 2.21. The fourth-order valence-electron chi connectivity index (χ4n) is 4.64. The zero-order valence-corrected chi connectivity index (χ0v) is 25.5. The number of nitrogens with zero attached hydrogens (tertiary/aromatic N) is 1. The smallest absolute Gasteiger partial charge is 0.379 e. The Hall–Kier alpha value is -5.15. The molecule has 0 bridgehead atoms. The van der Waals surface area contributed by atoms with Crippen molar-refractivity contribution in [1.82, 2.24) is 4.98 Å². The lowest BCUT2D eigenvalue weighted by Gasteiger charge is -2.11. The Morgan fingerprint density at radius 3 is 2.00 bits per heavy atom. The van der Waals surface area contributed by atoms with E-state index in [4.69, 9.17) is 41.8 Å². The van der Waals surface area contributed by atoms with Crippen molar-refractivity contribution in [2.24, 2.45) is 0 Å². The minimum Gasteiger partial charge on any atom is -0.451 e. The molecule has 3 heterocycles. The van der Waals surface area contributed by atoms with Crippen LogP contribution in [0.5, 0.6) is 5.75 Å². The van der Waals surface area contributed by atoms with E-state index < -0.39 is 11.9 Å². The molecule has 45 heavy (non-hydrogen) atoms. The molecule has 0 spiro atoms. The number of thiazole rings is 1. The number of hydrogen-bond acceptors (Lipinski definition) is 7. The van der Waals surface area contributed by atoms with Crippen molar-refractivity contribution in [3.05, 3.63) is 137 Å². The average Bonchev–Trinajstić information content (AvgIpc) is 3.82. The Kier molecular flexibility index (Phi) is 7.69. The molecule has 0 saturated heterocycles. The van der Waals surface area contributed by atoms with Crippen LogP contribution >= 0.6 is 34.5 Å². The highest BCUT2D eigenvalue weighted by molar-refractivity contribution is 7.21. The van der Waals surface area contributed by atoms with Crippen LogP contribution in [0.2, 0.25) is 10.0 Å². The molecule has 4 aromatic carbocycles. The Bertz CT molecular complexity index is 2150. The summed E-state index contributed by atoms with van der Waals surface area (Å²) in [5.41, 5.74) is 3.33. The third-order valence-corrected chi connectivity index (χ3v) is 8.43. The van der Waals surface area contributed by atoms with Gasteiger partial charge in [0.1, 0.15) is 22.3 Å². The molecule has 7 aromatic rings. The first-order valence-corrected chi connectivity index (χ1v) is 15.2. The van der Waals surface area contributed by atoms with E-state index in [0.717, 1.165) is 21.3 Å². The Labute approximate surface area is 270 Å². The van der Waals surface area contributed by atoms with Gasteiger partial charge >= 0.3 is 5.97 Å². The number of ether oxygens (including phenoxy) is 1. The number of aromatic nitrogens is 1. The second-order valence-electron chi connectivity index (χ2n) is 9.88. The number of halogens is 2. The molecule has 0 saturated carbocycles. The van der Waals surface area contributed by atoms with Crippen molar-refractivity contribution >= 4 is 62.3 Å². The lowest BCUT2D eigenvalue weighted by atomic mass is 10.1. The first-order valence-electron chi connectivity index (χ1n) is 13.6. The summed E-state index contributed by atoms with van der Waals surface area (Å²) in [7, 11) is 0. The van der Waals surface area contributed by atoms with Crippen LogP contribution in [0.25, 0.3) is 43.4 Å². The number of hydrogen-bond donors (Lipinski definition) is 1. The van der Waals surface area contributed by atoms with E-state index >= 15 is 0 Å². The predicted octanol–water partition coefficient (Wildman–Crippen LogP) is 10.3. The lowest BCUT2D eigenvalue weighted by molar-refractivity contribution is 0.0703. The molecule has 0 aliphatic rings. The third kappa shape index (κ3) is 6.12. The maximum atomic E-state index is 13.3. The first-order chi connectivity index (χ1) is 21.9. The molecule has 0 fully saturated rings. The normalized spacial score (nSPS) is 11.1. The molecule has 3 aromatic heterocycles. The van der Waals surface area contributed by atoms with Gasteiger partial charge in [-0.2, -0.15) is 0 Å². The Morgan fingerprint density at radius 1 is 0.711 bits per heavy atom. The standard InChI is InChI=1S/C35H20Cl2N2O5S/c36-22-9-5-20(6-10-22)27-15-17-29(42-27)33(40)38-24-13-14-25(34-39-26-3-1-2-4-32(26)45-34)31(19-24)44-35(41)30-18-16-28(43-30)21-7-11-23(37)12-8-21/h1-19H,(H,38,40). The number of benzene rings is 4. The Morgan fingerprint density at radius 2 is 1.33 bits per heavy atom. The van der Waals surface area contributed by atoms with Gasteiger partial charge < -0.3 is 18.9 Å². The molecule has 220 valence electrons. The van der Waals surface area contributed by atoms with Gasteiger partial charge in [0.2, 0.25) is 5.76 Å². The molecular weight excluding hydrogens is 631 g/mol. The van der Waals surface area contributed by atoms with Crippen LogP contribution in [-0.4, -0.2) is 16.9 Å². The van der Waals surface area contributed by atoms with Gasteiger partial charge in [-0.15, -0.1) is 11.3 Å². The van der Waals surface area contributed by atoms with Crippen LogP contribution < -0.4 is 10.1 Å². The molecule has 1 amide bonds. The van der Waals surface area contributed by atoms with E-state index in [1.54, 1.807) is 78.9 Å². The topological polar surface area (TPSA) is 94.6 Å². The highest BCUT2D eigenvalue weighted by Crippen LogP contribution is 2.38. The van der Waals surface area contributed by atoms with Gasteiger partial charge in [-0.1, -0.05) is 35.3 Å². The van der Waals surface area contributed by atoms with Crippen molar-refractivity contribution < 1.29 is 23.2 Å². The summed E-state index contributed by atoms with van der Waals surface area (Å²) in [5, 5.41) is 4.67. The maximum Gasteiger partial charge on any atom is 0.379 e. The monoisotopic (exact) mass is 650 g/mol. The van der Waals surface area contributed by atoms with Crippen molar-refractivity contribution in [3.63, 3.8) is 0 Å². The van der Waals surface area contributed by atoms with Crippen molar-refractivity contribution in [2.45, 2.75) is 0 Å². The van der Waals surface area contributed by atoms with Gasteiger partial charge in [0.15, 0.2) is 5.76 Å². The van der Waals surface area contributed by atoms with Gasteiger partial charge in [-0.05, 0) is 97.1 Å². The van der Waals surface area contributed by atoms with E-state index in [1.807, 2.05) is 36.4 Å². The van der Waals surface area contributed by atoms with Gasteiger partial charge in [0.05, 0.1) is 15.8 Å². The van der Waals surface area contributed by atoms with E-state index in [1.165, 1.54) is 11.3 Å². The number of anilines is 1. The molecule has 1 N–H and O–H groups in total. The van der Waals surface area contributed by atoms with E-state index in [9.17, 15) is 9.59 Å². The highest BCUT2D eigenvalue weighted by atomic mass is 35.5. The van der Waals surface area contributed by atoms with Crippen LogP contribution in [-0.2, 0) is 0 Å². The summed E-state index contributed by atoms with van der Waals surface area (Å²) in [6.07, 6.45) is 0. The largest absolute Gasteiger partial charge is 0.451 e. The molecule has 0 atom stereocenters. The summed E-state index contributed by atoms with van der Waals surface area (Å²) >= 11 is 13.5. The number of para-hydroxylation sites is 1. The van der Waals surface area contributed by atoms with Gasteiger partial charge in [0.25, 0.3) is 5.91 Å². The fourth-order valence-corrected chi connectivity index (χ4v) is 5.89. The number of esters is 1. The second-order valence-corrected chi connectivity index (χ2v) is 11.8. The maximum absolute atomic E-state index is 13.3. The van der Waals surface area contributed by atoms with Crippen molar-refractivity contribution in [2.75, 3.05) is 5.32 Å². The van der Waals surface area contributed by atoms with E-state index in [0.29, 0.717) is 37.8 Å². The molecule has 10 heteroatoms. The number of carbonyl (C=O) groups excluding carboxylic acids is 2. The number of amides is 1. The van der Waals surface area contributed by atoms with Crippen LogP contribution in [0.15, 0.2) is 124 Å². The minimum atomic E-state index is -0.709. The Balaban J connectivity index is 1.18. The fraction of sp³-hybridized carbons (Fsp3) is 0. The van der Waals surface area contributed by atoms with Gasteiger partial charge in [-0.3, -0.25) is 4.79 Å². The number of furan rings is 2. The van der Waals surface area contributed by atoms with Crippen molar-refractivity contribution in [3.8, 4) is 39.0 Å². The average molecular weight is 652 g/mol. The summed E-state index contributed by atoms with van der Waals surface area (Å²) in [4.78, 5) is 31.2. The van der Waals surface area contributed by atoms with E-state index in [-0.39, 0.29) is 17.3 Å². The van der Waals surface area contributed by atoms with Crippen LogP contribution in [0.1, 0.15) is 21.1 Å². The predicted molar refractivity (Wildman–Crippen MR) is 176 cm³/mol. The zero-order chi connectivity index (χ0) is 30.9. The number of fused-ring (bicyclic) bond motifs is 1. The number of rotatable bonds is 7. The SMILES string of the molecule is O=C(Nc1ccc(-c2nc3ccccc3s2)c(OC(=O)c2ccc(-c3ccc(Cl)cc3)o2)c1)c1ccc(-c2ccc(Cl)cc2)o1.